The number of fused-ring (bicyclic) bond motifs is 1. The molecule has 1 atom stereocenters. The number of nitrogens with zero attached hydrogens (tertiary/aromatic N) is 1. The van der Waals surface area contributed by atoms with E-state index in [0.717, 1.165) is 10.8 Å². The standard InChI is InChI=1S/C14H14F3NO/c15-14(16,17)7-3-6-13(19)12-9-18-8-10-4-1-2-5-11(10)12/h1-2,4-5,8-9,13,19H,3,6-7H2. The van der Waals surface area contributed by atoms with E-state index < -0.39 is 18.7 Å². The van der Waals surface area contributed by atoms with Crippen LogP contribution in [0.2, 0.25) is 0 Å². The van der Waals surface area contributed by atoms with E-state index in [2.05, 4.69) is 4.98 Å². The molecule has 2 nitrogen and oxygen atoms in total. The Morgan fingerprint density at radius 2 is 1.89 bits per heavy atom. The van der Waals surface area contributed by atoms with Gasteiger partial charge in [-0.1, -0.05) is 24.3 Å². The van der Waals surface area contributed by atoms with Crippen molar-refractivity contribution < 1.29 is 18.3 Å². The van der Waals surface area contributed by atoms with Crippen LogP contribution in [0.1, 0.15) is 30.9 Å². The summed E-state index contributed by atoms with van der Waals surface area (Å²) < 4.78 is 36.2. The van der Waals surface area contributed by atoms with Crippen LogP contribution in [0.25, 0.3) is 10.8 Å². The number of alkyl halides is 3. The first-order chi connectivity index (χ1) is 8.97. The summed E-state index contributed by atoms with van der Waals surface area (Å²) in [5.41, 5.74) is 0.584. The SMILES string of the molecule is OC(CCCC(F)(F)F)c1cncc2ccccc12. The summed E-state index contributed by atoms with van der Waals surface area (Å²) in [6, 6.07) is 7.37. The minimum absolute atomic E-state index is 0.0786. The molecule has 0 aliphatic carbocycles. The Balaban J connectivity index is 2.11. The first kappa shape index (κ1) is 13.8. The Hall–Kier alpha value is -1.62. The smallest absolute Gasteiger partial charge is 0.388 e. The zero-order valence-corrected chi connectivity index (χ0v) is 10.2. The maximum atomic E-state index is 12.1. The molecule has 0 saturated heterocycles. The highest BCUT2D eigenvalue weighted by atomic mass is 19.4. The number of rotatable bonds is 4. The van der Waals surface area contributed by atoms with Gasteiger partial charge >= 0.3 is 6.18 Å². The average Bonchev–Trinajstić information content (AvgIpc) is 2.36. The van der Waals surface area contributed by atoms with Crippen LogP contribution in [0.5, 0.6) is 0 Å². The fourth-order valence-corrected chi connectivity index (χ4v) is 2.06. The molecule has 1 heterocycles. The number of hydrogen-bond donors (Lipinski definition) is 1. The minimum atomic E-state index is -4.17. The number of pyridine rings is 1. The quantitative estimate of drug-likeness (QED) is 0.910. The van der Waals surface area contributed by atoms with Crippen LogP contribution < -0.4 is 0 Å². The molecule has 19 heavy (non-hydrogen) atoms. The van der Waals surface area contributed by atoms with Gasteiger partial charge in [0.15, 0.2) is 0 Å². The largest absolute Gasteiger partial charge is 0.389 e. The lowest BCUT2D eigenvalue weighted by Crippen LogP contribution is -2.08. The topological polar surface area (TPSA) is 33.1 Å². The second-order valence-corrected chi connectivity index (χ2v) is 4.47. The van der Waals surface area contributed by atoms with Gasteiger partial charge in [0.05, 0.1) is 6.10 Å². The van der Waals surface area contributed by atoms with Gasteiger partial charge < -0.3 is 5.11 Å². The lowest BCUT2D eigenvalue weighted by atomic mass is 10.00. The van der Waals surface area contributed by atoms with Crippen LogP contribution in [0, 0.1) is 0 Å². The summed E-state index contributed by atoms with van der Waals surface area (Å²) in [6.07, 6.45) is -2.79. The molecule has 0 amide bonds. The van der Waals surface area contributed by atoms with Gasteiger partial charge in [-0.3, -0.25) is 4.98 Å². The molecule has 0 aliphatic rings. The van der Waals surface area contributed by atoms with Crippen LogP contribution in [0.15, 0.2) is 36.7 Å². The van der Waals surface area contributed by atoms with Crippen LogP contribution in [0.4, 0.5) is 13.2 Å². The van der Waals surface area contributed by atoms with Gasteiger partial charge in [0.1, 0.15) is 0 Å². The Morgan fingerprint density at radius 3 is 2.63 bits per heavy atom. The van der Waals surface area contributed by atoms with Crippen LogP contribution in [0.3, 0.4) is 0 Å². The molecule has 0 radical (unpaired) electrons. The van der Waals surface area contributed by atoms with Crippen LogP contribution in [-0.2, 0) is 0 Å². The minimum Gasteiger partial charge on any atom is -0.388 e. The number of aromatic nitrogens is 1. The molecule has 0 bridgehead atoms. The van der Waals surface area contributed by atoms with E-state index >= 15 is 0 Å². The lowest BCUT2D eigenvalue weighted by Gasteiger charge is -2.13. The van der Waals surface area contributed by atoms with Crippen molar-refractivity contribution in [2.45, 2.75) is 31.5 Å². The Labute approximate surface area is 108 Å². The molecule has 2 aromatic rings. The highest BCUT2D eigenvalue weighted by Gasteiger charge is 2.26. The maximum absolute atomic E-state index is 12.1. The molecule has 1 N–H and O–H groups in total. The monoisotopic (exact) mass is 269 g/mol. The predicted octanol–water partition coefficient (Wildman–Crippen LogP) is 4.00. The van der Waals surface area contributed by atoms with E-state index in [4.69, 9.17) is 0 Å². The van der Waals surface area contributed by atoms with Crippen LogP contribution in [-0.4, -0.2) is 16.3 Å². The molecule has 1 unspecified atom stereocenters. The first-order valence-electron chi connectivity index (χ1n) is 6.05. The summed E-state index contributed by atoms with van der Waals surface area (Å²) in [7, 11) is 0. The highest BCUT2D eigenvalue weighted by Crippen LogP contribution is 2.29. The average molecular weight is 269 g/mol. The summed E-state index contributed by atoms with van der Waals surface area (Å²) in [5.74, 6) is 0. The van der Waals surface area contributed by atoms with E-state index in [-0.39, 0.29) is 12.8 Å². The molecular formula is C14H14F3NO. The number of halogens is 3. The molecule has 0 spiro atoms. The Bertz CT molecular complexity index is 548. The van der Waals surface area contributed by atoms with Gasteiger partial charge in [-0.2, -0.15) is 13.2 Å². The van der Waals surface area contributed by atoms with Crippen molar-refractivity contribution in [1.29, 1.82) is 0 Å². The van der Waals surface area contributed by atoms with Crippen molar-refractivity contribution in [3.8, 4) is 0 Å². The van der Waals surface area contributed by atoms with Gasteiger partial charge in [-0.15, -0.1) is 0 Å². The number of aliphatic hydroxyl groups excluding tert-OH is 1. The van der Waals surface area contributed by atoms with Crippen molar-refractivity contribution >= 4 is 10.8 Å². The summed E-state index contributed by atoms with van der Waals surface area (Å²) in [4.78, 5) is 4.01. The van der Waals surface area contributed by atoms with Crippen molar-refractivity contribution in [3.05, 3.63) is 42.2 Å². The van der Waals surface area contributed by atoms with E-state index in [0.29, 0.717) is 5.56 Å². The molecule has 0 aliphatic heterocycles. The van der Waals surface area contributed by atoms with Crippen molar-refractivity contribution in [2.24, 2.45) is 0 Å². The van der Waals surface area contributed by atoms with Gasteiger partial charge in [0.2, 0.25) is 0 Å². The molecule has 0 saturated carbocycles. The summed E-state index contributed by atoms with van der Waals surface area (Å²) in [5, 5.41) is 11.7. The molecule has 102 valence electrons. The summed E-state index contributed by atoms with van der Waals surface area (Å²) >= 11 is 0. The molecule has 1 aromatic heterocycles. The first-order valence-corrected chi connectivity index (χ1v) is 6.05. The van der Waals surface area contributed by atoms with Gasteiger partial charge in [-0.05, 0) is 18.2 Å². The Morgan fingerprint density at radius 1 is 1.16 bits per heavy atom. The lowest BCUT2D eigenvalue weighted by molar-refractivity contribution is -0.136. The number of benzene rings is 1. The van der Waals surface area contributed by atoms with E-state index in [1.165, 1.54) is 6.20 Å². The maximum Gasteiger partial charge on any atom is 0.389 e. The Kier molecular flexibility index (Phi) is 4.04. The molecule has 0 fully saturated rings. The number of hydrogen-bond acceptors (Lipinski definition) is 2. The van der Waals surface area contributed by atoms with Gasteiger partial charge in [0.25, 0.3) is 0 Å². The number of aliphatic hydroxyl groups is 1. The second kappa shape index (κ2) is 5.57. The molecule has 1 aromatic carbocycles. The normalized spacial score (nSPS) is 13.7. The zero-order chi connectivity index (χ0) is 13.9. The third-order valence-electron chi connectivity index (χ3n) is 3.00. The second-order valence-electron chi connectivity index (χ2n) is 4.47. The fourth-order valence-electron chi connectivity index (χ4n) is 2.06. The predicted molar refractivity (Wildman–Crippen MR) is 66.6 cm³/mol. The molecule has 2 rings (SSSR count). The molecular weight excluding hydrogens is 255 g/mol. The third-order valence-corrected chi connectivity index (χ3v) is 3.00. The van der Waals surface area contributed by atoms with Crippen LogP contribution >= 0.6 is 0 Å². The van der Waals surface area contributed by atoms with E-state index in [1.54, 1.807) is 6.20 Å². The van der Waals surface area contributed by atoms with Gasteiger partial charge in [0, 0.05) is 29.8 Å². The van der Waals surface area contributed by atoms with Gasteiger partial charge in [-0.25, -0.2) is 0 Å². The third kappa shape index (κ3) is 3.67. The molecule has 5 heteroatoms. The van der Waals surface area contributed by atoms with Crippen molar-refractivity contribution in [2.75, 3.05) is 0 Å². The van der Waals surface area contributed by atoms with E-state index in [1.807, 2.05) is 24.3 Å². The fraction of sp³-hybridized carbons (Fsp3) is 0.357. The highest BCUT2D eigenvalue weighted by molar-refractivity contribution is 5.84. The van der Waals surface area contributed by atoms with E-state index in [9.17, 15) is 18.3 Å². The summed E-state index contributed by atoms with van der Waals surface area (Å²) in [6.45, 7) is 0. The zero-order valence-electron chi connectivity index (χ0n) is 10.2. The van der Waals surface area contributed by atoms with Crippen molar-refractivity contribution in [1.82, 2.24) is 4.98 Å². The van der Waals surface area contributed by atoms with Crippen molar-refractivity contribution in [3.63, 3.8) is 0 Å².